The van der Waals surface area contributed by atoms with Gasteiger partial charge in [-0.1, -0.05) is 18.2 Å². The van der Waals surface area contributed by atoms with Crippen molar-refractivity contribution in [3.8, 4) is 0 Å². The third kappa shape index (κ3) is 3.69. The highest BCUT2D eigenvalue weighted by molar-refractivity contribution is 6.11. The Bertz CT molecular complexity index is 1010. The highest BCUT2D eigenvalue weighted by Crippen LogP contribution is 2.27. The van der Waals surface area contributed by atoms with E-state index in [1.165, 1.54) is 6.92 Å². The Morgan fingerprint density at radius 3 is 2.48 bits per heavy atom. The highest BCUT2D eigenvalue weighted by Gasteiger charge is 2.32. The van der Waals surface area contributed by atoms with E-state index in [0.717, 1.165) is 17.8 Å². The molecule has 0 aliphatic carbocycles. The van der Waals surface area contributed by atoms with Gasteiger partial charge in [0.1, 0.15) is 5.69 Å². The van der Waals surface area contributed by atoms with Crippen LogP contribution in [0.2, 0.25) is 0 Å². The number of aryl methyl sites for hydroxylation is 1. The highest BCUT2D eigenvalue weighted by atomic mass is 19.4. The number of ether oxygens (including phenoxy) is 1. The Labute approximate surface area is 152 Å². The van der Waals surface area contributed by atoms with E-state index in [-0.39, 0.29) is 5.56 Å². The van der Waals surface area contributed by atoms with Crippen LogP contribution >= 0.6 is 0 Å². The van der Waals surface area contributed by atoms with Crippen LogP contribution in [0.4, 0.5) is 13.2 Å². The number of alkyl halides is 3. The van der Waals surface area contributed by atoms with E-state index >= 15 is 0 Å². The van der Waals surface area contributed by atoms with Crippen LogP contribution in [-0.2, 0) is 10.9 Å². The molecule has 5 nitrogen and oxygen atoms in total. The number of fused-ring (bicyclic) bond motifs is 1. The van der Waals surface area contributed by atoms with Crippen molar-refractivity contribution in [1.29, 1.82) is 0 Å². The number of halogens is 3. The van der Waals surface area contributed by atoms with Crippen LogP contribution in [0.25, 0.3) is 10.9 Å². The Balaban J connectivity index is 1.78. The minimum absolute atomic E-state index is 0.168. The normalized spacial score (nSPS) is 12.8. The predicted molar refractivity (Wildman–Crippen MR) is 91.5 cm³/mol. The molecule has 0 unspecified atom stereocenters. The average molecular weight is 376 g/mol. The van der Waals surface area contributed by atoms with Crippen LogP contribution in [0, 0.1) is 6.92 Å². The summed E-state index contributed by atoms with van der Waals surface area (Å²) in [6, 6.07) is 8.87. The largest absolute Gasteiger partial charge is 0.451 e. The van der Waals surface area contributed by atoms with Crippen molar-refractivity contribution in [3.05, 3.63) is 65.1 Å². The number of para-hydroxylation sites is 1. The van der Waals surface area contributed by atoms with E-state index in [0.29, 0.717) is 22.7 Å². The SMILES string of the molecule is Cc1[nH]c2ccccc2c1C(=O)[C@H](C)OC(=O)c1ccc(C(F)(F)F)nc1. The Kier molecular flexibility index (Phi) is 4.73. The average Bonchev–Trinajstić information content (AvgIpc) is 2.96. The standard InChI is InChI=1S/C19H15F3N2O3/c1-10-16(13-5-3-4-6-14(13)24-10)17(25)11(2)27-18(26)12-7-8-15(23-9-12)19(20,21)22/h3-9,11,24H,1-2H3/t11-/m0/s1. The molecule has 27 heavy (non-hydrogen) atoms. The van der Waals surface area contributed by atoms with Gasteiger partial charge in [0.25, 0.3) is 0 Å². The predicted octanol–water partition coefficient (Wildman–Crippen LogP) is 4.32. The van der Waals surface area contributed by atoms with Crippen LogP contribution in [-0.4, -0.2) is 27.8 Å². The lowest BCUT2D eigenvalue weighted by atomic mass is 10.0. The van der Waals surface area contributed by atoms with Crippen LogP contribution in [0.5, 0.6) is 0 Å². The Hall–Kier alpha value is -3.16. The fourth-order valence-corrected chi connectivity index (χ4v) is 2.76. The summed E-state index contributed by atoms with van der Waals surface area (Å²) in [4.78, 5) is 31.2. The summed E-state index contributed by atoms with van der Waals surface area (Å²) in [5.74, 6) is -1.33. The summed E-state index contributed by atoms with van der Waals surface area (Å²) in [5, 5.41) is 0.707. The summed E-state index contributed by atoms with van der Waals surface area (Å²) in [6.45, 7) is 3.15. The number of hydrogen-bond donors (Lipinski definition) is 1. The quantitative estimate of drug-likeness (QED) is 0.544. The molecule has 140 valence electrons. The van der Waals surface area contributed by atoms with Crippen molar-refractivity contribution in [2.75, 3.05) is 0 Å². The van der Waals surface area contributed by atoms with Crippen molar-refractivity contribution >= 4 is 22.7 Å². The van der Waals surface area contributed by atoms with Crippen LogP contribution < -0.4 is 0 Å². The number of nitrogens with one attached hydrogen (secondary N) is 1. The number of pyridine rings is 1. The molecule has 0 radical (unpaired) electrons. The van der Waals surface area contributed by atoms with Gasteiger partial charge in [-0.15, -0.1) is 0 Å². The number of aromatic nitrogens is 2. The number of hydrogen-bond acceptors (Lipinski definition) is 4. The molecule has 1 atom stereocenters. The van der Waals surface area contributed by atoms with E-state index < -0.39 is 29.7 Å². The second kappa shape index (κ2) is 6.86. The molecule has 0 aliphatic rings. The van der Waals surface area contributed by atoms with Crippen LogP contribution in [0.3, 0.4) is 0 Å². The molecule has 3 aromatic rings. The minimum atomic E-state index is -4.60. The summed E-state index contributed by atoms with van der Waals surface area (Å²) in [6.07, 6.45) is -4.93. The molecule has 1 aromatic carbocycles. The zero-order valence-corrected chi connectivity index (χ0v) is 14.4. The van der Waals surface area contributed by atoms with Gasteiger partial charge in [0, 0.05) is 28.4 Å². The maximum absolute atomic E-state index is 12.7. The van der Waals surface area contributed by atoms with Gasteiger partial charge in [0.05, 0.1) is 5.56 Å². The lowest BCUT2D eigenvalue weighted by Crippen LogP contribution is -2.25. The van der Waals surface area contributed by atoms with Gasteiger partial charge in [-0.2, -0.15) is 13.2 Å². The van der Waals surface area contributed by atoms with Gasteiger partial charge < -0.3 is 9.72 Å². The van der Waals surface area contributed by atoms with Crippen molar-refractivity contribution in [2.45, 2.75) is 26.1 Å². The first-order valence-electron chi connectivity index (χ1n) is 8.04. The lowest BCUT2D eigenvalue weighted by Gasteiger charge is -2.13. The molecule has 0 saturated carbocycles. The number of nitrogens with zero attached hydrogens (tertiary/aromatic N) is 1. The molecular formula is C19H15F3N2O3. The molecule has 0 saturated heterocycles. The van der Waals surface area contributed by atoms with E-state index in [1.54, 1.807) is 19.1 Å². The van der Waals surface area contributed by atoms with E-state index in [2.05, 4.69) is 9.97 Å². The first-order chi connectivity index (χ1) is 12.7. The number of ketones is 1. The Morgan fingerprint density at radius 2 is 1.85 bits per heavy atom. The molecule has 0 spiro atoms. The number of carbonyl (C=O) groups is 2. The molecule has 2 aromatic heterocycles. The molecule has 3 rings (SSSR count). The summed E-state index contributed by atoms with van der Waals surface area (Å²) in [7, 11) is 0. The minimum Gasteiger partial charge on any atom is -0.451 e. The number of benzene rings is 1. The number of Topliss-reactive ketones (excluding diaryl/α,β-unsaturated/α-hetero) is 1. The molecule has 0 fully saturated rings. The smallest absolute Gasteiger partial charge is 0.433 e. The zero-order valence-electron chi connectivity index (χ0n) is 14.4. The van der Waals surface area contributed by atoms with Gasteiger partial charge in [-0.3, -0.25) is 9.78 Å². The van der Waals surface area contributed by atoms with Crippen LogP contribution in [0.1, 0.15) is 39.0 Å². The second-order valence-electron chi connectivity index (χ2n) is 6.01. The van der Waals surface area contributed by atoms with Crippen molar-refractivity contribution in [2.24, 2.45) is 0 Å². The number of carbonyl (C=O) groups excluding carboxylic acids is 2. The number of rotatable bonds is 4. The maximum atomic E-state index is 12.7. The maximum Gasteiger partial charge on any atom is 0.433 e. The number of aromatic amines is 1. The molecule has 2 heterocycles. The number of H-pyrrole nitrogens is 1. The van der Waals surface area contributed by atoms with Crippen molar-refractivity contribution in [3.63, 3.8) is 0 Å². The Morgan fingerprint density at radius 1 is 1.15 bits per heavy atom. The van der Waals surface area contributed by atoms with Gasteiger partial charge in [0.15, 0.2) is 6.10 Å². The molecular weight excluding hydrogens is 361 g/mol. The fraction of sp³-hybridized carbons (Fsp3) is 0.211. The zero-order chi connectivity index (χ0) is 19.8. The molecule has 8 heteroatoms. The lowest BCUT2D eigenvalue weighted by molar-refractivity contribution is -0.141. The molecule has 0 aliphatic heterocycles. The van der Waals surface area contributed by atoms with E-state index in [9.17, 15) is 22.8 Å². The van der Waals surface area contributed by atoms with Crippen molar-refractivity contribution in [1.82, 2.24) is 9.97 Å². The second-order valence-corrected chi connectivity index (χ2v) is 6.01. The van der Waals surface area contributed by atoms with Gasteiger partial charge in [-0.25, -0.2) is 4.79 Å². The summed E-state index contributed by atoms with van der Waals surface area (Å²) >= 11 is 0. The summed E-state index contributed by atoms with van der Waals surface area (Å²) < 4.78 is 42.7. The fourth-order valence-electron chi connectivity index (χ4n) is 2.76. The van der Waals surface area contributed by atoms with Gasteiger partial charge >= 0.3 is 12.1 Å². The number of esters is 1. The van der Waals surface area contributed by atoms with Gasteiger partial charge in [0.2, 0.25) is 5.78 Å². The van der Waals surface area contributed by atoms with E-state index in [1.807, 2.05) is 12.1 Å². The van der Waals surface area contributed by atoms with Crippen LogP contribution in [0.15, 0.2) is 42.6 Å². The molecule has 0 amide bonds. The molecule has 1 N–H and O–H groups in total. The van der Waals surface area contributed by atoms with E-state index in [4.69, 9.17) is 4.74 Å². The third-order valence-corrected chi connectivity index (χ3v) is 4.08. The third-order valence-electron chi connectivity index (χ3n) is 4.08. The molecule has 0 bridgehead atoms. The monoisotopic (exact) mass is 376 g/mol. The topological polar surface area (TPSA) is 72.1 Å². The van der Waals surface area contributed by atoms with Gasteiger partial charge in [-0.05, 0) is 32.0 Å². The van der Waals surface area contributed by atoms with Crippen molar-refractivity contribution < 1.29 is 27.5 Å². The summed E-state index contributed by atoms with van der Waals surface area (Å²) in [5.41, 5.74) is 0.552. The first-order valence-corrected chi connectivity index (χ1v) is 8.04. The first kappa shape index (κ1) is 18.6.